The molecule has 4 heteroatoms. The number of rotatable bonds is 7. The van der Waals surface area contributed by atoms with Crippen molar-refractivity contribution >= 4 is 34.4 Å². The van der Waals surface area contributed by atoms with E-state index >= 15 is 0 Å². The van der Waals surface area contributed by atoms with Crippen LogP contribution in [0.5, 0.6) is 0 Å². The van der Waals surface area contributed by atoms with Crippen LogP contribution in [0.4, 0.5) is 11.4 Å². The van der Waals surface area contributed by atoms with Crippen molar-refractivity contribution < 1.29 is 9.59 Å². The zero-order valence-electron chi connectivity index (χ0n) is 19.1. The molecule has 4 nitrogen and oxygen atoms in total. The van der Waals surface area contributed by atoms with Crippen LogP contribution in [-0.4, -0.2) is 23.0 Å². The van der Waals surface area contributed by atoms with Crippen LogP contribution in [0.1, 0.15) is 45.7 Å². The first kappa shape index (κ1) is 22.7. The van der Waals surface area contributed by atoms with Crippen LogP contribution in [0.15, 0.2) is 119 Å². The van der Waals surface area contributed by atoms with Gasteiger partial charge in [0, 0.05) is 22.3 Å². The molecule has 0 fully saturated rings. The molecule has 4 rings (SSSR count). The Hall–Kier alpha value is -4.44. The summed E-state index contributed by atoms with van der Waals surface area (Å²) in [6.07, 6.45) is 0. The molecule has 34 heavy (non-hydrogen) atoms. The molecule has 0 N–H and O–H groups in total. The molecule has 0 aromatic heterocycles. The number of benzene rings is 4. The Kier molecular flexibility index (Phi) is 6.99. The summed E-state index contributed by atoms with van der Waals surface area (Å²) in [5, 5.41) is 0. The third-order valence-corrected chi connectivity index (χ3v) is 5.35. The zero-order valence-corrected chi connectivity index (χ0v) is 19.1. The molecule has 4 aromatic carbocycles. The monoisotopic (exact) mass is 444 g/mol. The van der Waals surface area contributed by atoms with Gasteiger partial charge in [0.2, 0.25) is 0 Å². The predicted octanol–water partition coefficient (Wildman–Crippen LogP) is 7.03. The molecule has 0 heterocycles. The molecule has 0 unspecified atom stereocenters. The summed E-state index contributed by atoms with van der Waals surface area (Å²) >= 11 is 0. The van der Waals surface area contributed by atoms with Gasteiger partial charge in [-0.1, -0.05) is 60.7 Å². The van der Waals surface area contributed by atoms with Crippen molar-refractivity contribution in [2.45, 2.75) is 13.8 Å². The Morgan fingerprint density at radius 2 is 0.765 bits per heavy atom. The predicted molar refractivity (Wildman–Crippen MR) is 138 cm³/mol. The number of carbonyl (C=O) groups excluding carboxylic acids is 2. The number of hydrogen-bond acceptors (Lipinski definition) is 4. The second-order valence-corrected chi connectivity index (χ2v) is 7.86. The highest BCUT2D eigenvalue weighted by Crippen LogP contribution is 2.22. The highest BCUT2D eigenvalue weighted by Gasteiger charge is 2.15. The van der Waals surface area contributed by atoms with Crippen molar-refractivity contribution in [2.24, 2.45) is 9.98 Å². The van der Waals surface area contributed by atoms with Crippen molar-refractivity contribution in [3.63, 3.8) is 0 Å². The van der Waals surface area contributed by atoms with Gasteiger partial charge in [0.1, 0.15) is 0 Å². The van der Waals surface area contributed by atoms with Gasteiger partial charge < -0.3 is 0 Å². The summed E-state index contributed by atoms with van der Waals surface area (Å²) in [5.74, 6) is 0.0266. The van der Waals surface area contributed by atoms with Gasteiger partial charge >= 0.3 is 0 Å². The van der Waals surface area contributed by atoms with Gasteiger partial charge in [-0.05, 0) is 62.4 Å². The Morgan fingerprint density at radius 1 is 0.441 bits per heavy atom. The summed E-state index contributed by atoms with van der Waals surface area (Å²) in [6, 6.07) is 34.3. The summed E-state index contributed by atoms with van der Waals surface area (Å²) < 4.78 is 0. The fourth-order valence-corrected chi connectivity index (χ4v) is 3.50. The molecule has 0 aliphatic rings. The third kappa shape index (κ3) is 5.48. The minimum atomic E-state index is 0.0133. The highest BCUT2D eigenvalue weighted by atomic mass is 16.1. The van der Waals surface area contributed by atoms with Gasteiger partial charge in [0.15, 0.2) is 11.6 Å². The van der Waals surface area contributed by atoms with Crippen LogP contribution in [0, 0.1) is 0 Å². The average Bonchev–Trinajstić information content (AvgIpc) is 2.87. The van der Waals surface area contributed by atoms with E-state index in [-0.39, 0.29) is 11.6 Å². The summed E-state index contributed by atoms with van der Waals surface area (Å²) in [6.45, 7) is 3.09. The fourth-order valence-electron chi connectivity index (χ4n) is 3.50. The van der Waals surface area contributed by atoms with Gasteiger partial charge in [-0.25, -0.2) is 9.98 Å². The maximum atomic E-state index is 11.7. The lowest BCUT2D eigenvalue weighted by Gasteiger charge is -2.12. The average molecular weight is 445 g/mol. The van der Waals surface area contributed by atoms with Crippen LogP contribution >= 0.6 is 0 Å². The first-order valence-electron chi connectivity index (χ1n) is 11.0. The lowest BCUT2D eigenvalue weighted by molar-refractivity contribution is 0.100. The molecule has 0 saturated carbocycles. The Balaban J connectivity index is 1.89. The minimum absolute atomic E-state index is 0.0133. The van der Waals surface area contributed by atoms with Crippen LogP contribution in [0.2, 0.25) is 0 Å². The van der Waals surface area contributed by atoms with E-state index in [0.29, 0.717) is 22.6 Å². The SMILES string of the molecule is CC(=O)c1ccc(N=C(C(=Nc2ccc(C(C)=O)cc2)c2ccccc2)c2ccccc2)cc1. The molecule has 0 aliphatic heterocycles. The van der Waals surface area contributed by atoms with E-state index in [4.69, 9.17) is 9.98 Å². The van der Waals surface area contributed by atoms with Gasteiger partial charge in [0.25, 0.3) is 0 Å². The summed E-state index contributed by atoms with van der Waals surface area (Å²) in [4.78, 5) is 33.3. The summed E-state index contributed by atoms with van der Waals surface area (Å²) in [5.41, 5.74) is 5.97. The quantitative estimate of drug-likeness (QED) is 0.227. The molecule has 4 aromatic rings. The number of hydrogen-bond donors (Lipinski definition) is 0. The van der Waals surface area contributed by atoms with E-state index in [1.807, 2.05) is 84.9 Å². The standard InChI is InChI=1S/C30H24N2O2/c1-21(33)23-13-17-27(18-14-23)31-29(25-9-5-3-6-10-25)30(26-11-7-4-8-12-26)32-28-19-15-24(16-20-28)22(2)34/h3-20H,1-2H3. The second-order valence-electron chi connectivity index (χ2n) is 7.86. The van der Waals surface area contributed by atoms with Crippen molar-refractivity contribution in [3.05, 3.63) is 131 Å². The molecule has 166 valence electrons. The first-order valence-corrected chi connectivity index (χ1v) is 11.0. The van der Waals surface area contributed by atoms with E-state index in [1.54, 1.807) is 38.1 Å². The van der Waals surface area contributed by atoms with Crippen molar-refractivity contribution in [1.82, 2.24) is 0 Å². The molecule has 0 radical (unpaired) electrons. The molecule has 0 amide bonds. The molecule has 0 aliphatic carbocycles. The highest BCUT2D eigenvalue weighted by molar-refractivity contribution is 6.54. The Labute approximate surface area is 199 Å². The second kappa shape index (κ2) is 10.5. The van der Waals surface area contributed by atoms with Crippen molar-refractivity contribution in [2.75, 3.05) is 0 Å². The smallest absolute Gasteiger partial charge is 0.159 e. The number of Topliss-reactive ketones (excluding diaryl/α,β-unsaturated/α-hetero) is 2. The lowest BCUT2D eigenvalue weighted by Crippen LogP contribution is -2.17. The Bertz CT molecular complexity index is 1240. The third-order valence-electron chi connectivity index (χ3n) is 5.35. The van der Waals surface area contributed by atoms with Crippen LogP contribution in [0.3, 0.4) is 0 Å². The molecule has 0 atom stereocenters. The largest absolute Gasteiger partial charge is 0.295 e. The van der Waals surface area contributed by atoms with Crippen molar-refractivity contribution in [3.8, 4) is 0 Å². The Morgan fingerprint density at radius 3 is 1.06 bits per heavy atom. The number of aliphatic imine (C=N–C) groups is 2. The topological polar surface area (TPSA) is 58.9 Å². The fraction of sp³-hybridized carbons (Fsp3) is 0.0667. The van der Waals surface area contributed by atoms with Gasteiger partial charge in [-0.2, -0.15) is 0 Å². The van der Waals surface area contributed by atoms with Crippen LogP contribution < -0.4 is 0 Å². The molecule has 0 saturated heterocycles. The van der Waals surface area contributed by atoms with Crippen LogP contribution in [0.25, 0.3) is 0 Å². The van der Waals surface area contributed by atoms with E-state index in [1.165, 1.54) is 0 Å². The zero-order chi connectivity index (χ0) is 23.9. The number of nitrogens with zero attached hydrogens (tertiary/aromatic N) is 2. The van der Waals surface area contributed by atoms with E-state index in [2.05, 4.69) is 0 Å². The number of ketones is 2. The molecular formula is C30H24N2O2. The van der Waals surface area contributed by atoms with E-state index < -0.39 is 0 Å². The lowest BCUT2D eigenvalue weighted by atomic mass is 9.99. The van der Waals surface area contributed by atoms with E-state index in [9.17, 15) is 9.59 Å². The normalized spacial score (nSPS) is 11.8. The van der Waals surface area contributed by atoms with Gasteiger partial charge in [-0.15, -0.1) is 0 Å². The molecule has 0 spiro atoms. The summed E-state index contributed by atoms with van der Waals surface area (Å²) in [7, 11) is 0. The maximum Gasteiger partial charge on any atom is 0.159 e. The molecular weight excluding hydrogens is 420 g/mol. The maximum absolute atomic E-state index is 11.7. The molecule has 0 bridgehead atoms. The van der Waals surface area contributed by atoms with E-state index in [0.717, 1.165) is 22.5 Å². The van der Waals surface area contributed by atoms with Crippen LogP contribution in [-0.2, 0) is 0 Å². The minimum Gasteiger partial charge on any atom is -0.295 e. The first-order chi connectivity index (χ1) is 16.5. The van der Waals surface area contributed by atoms with Gasteiger partial charge in [0.05, 0.1) is 22.8 Å². The van der Waals surface area contributed by atoms with Crippen molar-refractivity contribution in [1.29, 1.82) is 0 Å². The number of carbonyl (C=O) groups is 2. The van der Waals surface area contributed by atoms with Gasteiger partial charge in [-0.3, -0.25) is 9.59 Å².